The van der Waals surface area contributed by atoms with Gasteiger partial charge in [-0.1, -0.05) is 18.2 Å². The third-order valence-corrected chi connectivity index (χ3v) is 3.34. The number of rotatable bonds is 3. The lowest BCUT2D eigenvalue weighted by Gasteiger charge is -2.18. The number of hydrogen-bond acceptors (Lipinski definition) is 3. The summed E-state index contributed by atoms with van der Waals surface area (Å²) in [5, 5.41) is 12.8. The lowest BCUT2D eigenvalue weighted by molar-refractivity contribution is 0.304. The van der Waals surface area contributed by atoms with Crippen LogP contribution in [0.15, 0.2) is 42.5 Å². The number of aromatic hydroxyl groups is 1. The van der Waals surface area contributed by atoms with Crippen molar-refractivity contribution < 1.29 is 9.84 Å². The van der Waals surface area contributed by atoms with Gasteiger partial charge in [0.1, 0.15) is 18.1 Å². The molecule has 0 atom stereocenters. The molecule has 0 bridgehead atoms. The van der Waals surface area contributed by atoms with Crippen molar-refractivity contribution in [3.8, 4) is 11.5 Å². The van der Waals surface area contributed by atoms with Gasteiger partial charge in [0.25, 0.3) is 0 Å². The van der Waals surface area contributed by atoms with Crippen molar-refractivity contribution in [3.63, 3.8) is 0 Å². The number of ether oxygens (including phenoxy) is 1. The molecule has 2 aromatic carbocycles. The summed E-state index contributed by atoms with van der Waals surface area (Å²) in [5.74, 6) is 0.912. The number of hydrogen-bond donors (Lipinski definition) is 2. The van der Waals surface area contributed by atoms with Gasteiger partial charge in [0.2, 0.25) is 0 Å². The molecule has 0 saturated heterocycles. The molecular weight excluding hydrogens is 238 g/mol. The minimum Gasteiger partial charge on any atom is -0.508 e. The van der Waals surface area contributed by atoms with E-state index in [1.165, 1.54) is 17.7 Å². The van der Waals surface area contributed by atoms with Crippen molar-refractivity contribution in [3.05, 3.63) is 53.6 Å². The Morgan fingerprint density at radius 1 is 1.16 bits per heavy atom. The second-order valence-corrected chi connectivity index (χ2v) is 4.81. The van der Waals surface area contributed by atoms with E-state index in [2.05, 4.69) is 23.5 Å². The summed E-state index contributed by atoms with van der Waals surface area (Å²) in [6.45, 7) is 1.56. The maximum absolute atomic E-state index is 9.38. The molecule has 19 heavy (non-hydrogen) atoms. The molecule has 0 radical (unpaired) electrons. The summed E-state index contributed by atoms with van der Waals surface area (Å²) in [6.07, 6.45) is 2.35. The SMILES string of the molecule is Oc1cccc(OCc2ccc3c(c2)NCCC3)c1. The first kappa shape index (κ1) is 11.9. The van der Waals surface area contributed by atoms with Crippen molar-refractivity contribution in [2.75, 3.05) is 11.9 Å². The smallest absolute Gasteiger partial charge is 0.123 e. The third-order valence-electron chi connectivity index (χ3n) is 3.34. The highest BCUT2D eigenvalue weighted by atomic mass is 16.5. The van der Waals surface area contributed by atoms with Crippen LogP contribution >= 0.6 is 0 Å². The molecule has 98 valence electrons. The predicted octanol–water partition coefficient (Wildman–Crippen LogP) is 3.33. The van der Waals surface area contributed by atoms with E-state index >= 15 is 0 Å². The van der Waals surface area contributed by atoms with Crippen molar-refractivity contribution >= 4 is 5.69 Å². The van der Waals surface area contributed by atoms with E-state index in [-0.39, 0.29) is 5.75 Å². The van der Waals surface area contributed by atoms with Crippen molar-refractivity contribution in [2.24, 2.45) is 0 Å². The van der Waals surface area contributed by atoms with E-state index in [1.54, 1.807) is 18.2 Å². The fourth-order valence-electron chi connectivity index (χ4n) is 2.34. The molecule has 3 nitrogen and oxygen atoms in total. The van der Waals surface area contributed by atoms with Crippen LogP contribution in [0.2, 0.25) is 0 Å². The van der Waals surface area contributed by atoms with E-state index in [0.717, 1.165) is 18.5 Å². The molecule has 3 heteroatoms. The number of benzene rings is 2. The number of fused-ring (bicyclic) bond motifs is 1. The van der Waals surface area contributed by atoms with Gasteiger partial charge in [-0.3, -0.25) is 0 Å². The normalized spacial score (nSPS) is 13.5. The maximum atomic E-state index is 9.38. The Morgan fingerprint density at radius 2 is 2.11 bits per heavy atom. The first-order valence-electron chi connectivity index (χ1n) is 6.59. The van der Waals surface area contributed by atoms with E-state index < -0.39 is 0 Å². The van der Waals surface area contributed by atoms with Crippen LogP contribution < -0.4 is 10.1 Å². The molecule has 1 aliphatic heterocycles. The minimum absolute atomic E-state index is 0.226. The Bertz CT molecular complexity index is 581. The third kappa shape index (κ3) is 2.81. The van der Waals surface area contributed by atoms with Crippen LogP contribution in [0.4, 0.5) is 5.69 Å². The summed E-state index contributed by atoms with van der Waals surface area (Å²) >= 11 is 0. The maximum Gasteiger partial charge on any atom is 0.123 e. The number of aryl methyl sites for hydroxylation is 1. The van der Waals surface area contributed by atoms with Gasteiger partial charge in [-0.05, 0) is 42.2 Å². The zero-order chi connectivity index (χ0) is 13.1. The van der Waals surface area contributed by atoms with Gasteiger partial charge in [0.05, 0.1) is 0 Å². The first-order chi connectivity index (χ1) is 9.31. The molecule has 0 unspecified atom stereocenters. The lowest BCUT2D eigenvalue weighted by Crippen LogP contribution is -2.12. The van der Waals surface area contributed by atoms with Gasteiger partial charge in [0.15, 0.2) is 0 Å². The second kappa shape index (κ2) is 5.22. The van der Waals surface area contributed by atoms with Crippen LogP contribution in [0, 0.1) is 0 Å². The Kier molecular flexibility index (Phi) is 3.27. The van der Waals surface area contributed by atoms with E-state index in [0.29, 0.717) is 12.4 Å². The molecule has 0 fully saturated rings. The Hall–Kier alpha value is -2.16. The summed E-state index contributed by atoms with van der Waals surface area (Å²) in [6, 6.07) is 13.3. The summed E-state index contributed by atoms with van der Waals surface area (Å²) in [5.41, 5.74) is 3.74. The number of nitrogens with one attached hydrogen (secondary N) is 1. The van der Waals surface area contributed by atoms with Crippen LogP contribution in [0.25, 0.3) is 0 Å². The van der Waals surface area contributed by atoms with Crippen LogP contribution in [0.1, 0.15) is 17.5 Å². The van der Waals surface area contributed by atoms with Crippen LogP contribution in [-0.2, 0) is 13.0 Å². The summed E-state index contributed by atoms with van der Waals surface area (Å²) < 4.78 is 5.68. The average Bonchev–Trinajstić information content (AvgIpc) is 2.45. The number of phenols is 1. The van der Waals surface area contributed by atoms with Crippen molar-refractivity contribution in [1.29, 1.82) is 0 Å². The van der Waals surface area contributed by atoms with Gasteiger partial charge in [-0.15, -0.1) is 0 Å². The predicted molar refractivity (Wildman–Crippen MR) is 75.7 cm³/mol. The molecule has 0 aliphatic carbocycles. The second-order valence-electron chi connectivity index (χ2n) is 4.81. The number of phenolic OH excluding ortho intramolecular Hbond substituents is 1. The largest absolute Gasteiger partial charge is 0.508 e. The molecule has 3 rings (SSSR count). The van der Waals surface area contributed by atoms with Crippen molar-refractivity contribution in [2.45, 2.75) is 19.4 Å². The standard InChI is InChI=1S/C16H17NO2/c18-14-4-1-5-15(10-14)19-11-12-6-7-13-3-2-8-17-16(13)9-12/h1,4-7,9-10,17-18H,2-3,8,11H2. The lowest BCUT2D eigenvalue weighted by atomic mass is 10.0. The molecule has 2 aromatic rings. The highest BCUT2D eigenvalue weighted by Crippen LogP contribution is 2.24. The molecule has 0 spiro atoms. The highest BCUT2D eigenvalue weighted by Gasteiger charge is 2.08. The molecule has 2 N–H and O–H groups in total. The van der Waals surface area contributed by atoms with Gasteiger partial charge in [0, 0.05) is 18.3 Å². The fraction of sp³-hybridized carbons (Fsp3) is 0.250. The highest BCUT2D eigenvalue weighted by molar-refractivity contribution is 5.54. The summed E-state index contributed by atoms with van der Waals surface area (Å²) in [7, 11) is 0. The molecule has 1 heterocycles. The Morgan fingerprint density at radius 3 is 3.00 bits per heavy atom. The topological polar surface area (TPSA) is 41.5 Å². The molecule has 0 amide bonds. The van der Waals surface area contributed by atoms with Gasteiger partial charge >= 0.3 is 0 Å². The van der Waals surface area contributed by atoms with Crippen LogP contribution in [-0.4, -0.2) is 11.7 Å². The molecule has 1 aliphatic rings. The first-order valence-corrected chi connectivity index (χ1v) is 6.59. The fourth-order valence-corrected chi connectivity index (χ4v) is 2.34. The monoisotopic (exact) mass is 255 g/mol. The van der Waals surface area contributed by atoms with Crippen molar-refractivity contribution in [1.82, 2.24) is 0 Å². The van der Waals surface area contributed by atoms with Gasteiger partial charge in [-0.25, -0.2) is 0 Å². The summed E-state index contributed by atoms with van der Waals surface area (Å²) in [4.78, 5) is 0. The molecule has 0 saturated carbocycles. The zero-order valence-electron chi connectivity index (χ0n) is 10.7. The van der Waals surface area contributed by atoms with Gasteiger partial charge < -0.3 is 15.2 Å². The van der Waals surface area contributed by atoms with Crippen LogP contribution in [0.3, 0.4) is 0 Å². The molecule has 0 aromatic heterocycles. The van der Waals surface area contributed by atoms with E-state index in [9.17, 15) is 5.11 Å². The Balaban J connectivity index is 1.70. The Labute approximate surface area is 112 Å². The van der Waals surface area contributed by atoms with Crippen LogP contribution in [0.5, 0.6) is 11.5 Å². The minimum atomic E-state index is 0.226. The quantitative estimate of drug-likeness (QED) is 0.884. The van der Waals surface area contributed by atoms with Gasteiger partial charge in [-0.2, -0.15) is 0 Å². The number of anilines is 1. The molecular formula is C16H17NO2. The zero-order valence-corrected chi connectivity index (χ0v) is 10.7. The van der Waals surface area contributed by atoms with E-state index in [1.807, 2.05) is 6.07 Å². The average molecular weight is 255 g/mol. The van der Waals surface area contributed by atoms with E-state index in [4.69, 9.17) is 4.74 Å².